The van der Waals surface area contributed by atoms with Crippen LogP contribution in [0.5, 0.6) is 0 Å². The van der Waals surface area contributed by atoms with Crippen LogP contribution in [0.1, 0.15) is 27.2 Å². The van der Waals surface area contributed by atoms with Gasteiger partial charge in [0.25, 0.3) is 0 Å². The molecule has 0 aliphatic carbocycles. The fraction of sp³-hybridized carbons (Fsp3) is 0.400. The van der Waals surface area contributed by atoms with Gasteiger partial charge in [-0.3, -0.25) is 0 Å². The van der Waals surface area contributed by atoms with Crippen molar-refractivity contribution in [3.05, 3.63) is 50.2 Å². The molecule has 1 unspecified atom stereocenters. The molecule has 1 aromatic carbocycles. The molecule has 0 aliphatic heterocycles. The second-order valence-electron chi connectivity index (χ2n) is 4.78. The van der Waals surface area contributed by atoms with Gasteiger partial charge in [-0.25, -0.2) is 9.37 Å². The Morgan fingerprint density at radius 3 is 2.71 bits per heavy atom. The molecule has 0 amide bonds. The largest absolute Gasteiger partial charge is 0.383 e. The molecule has 0 radical (unpaired) electrons. The Morgan fingerprint density at radius 1 is 1.38 bits per heavy atom. The molecule has 1 heterocycles. The molecule has 0 saturated carbocycles. The van der Waals surface area contributed by atoms with E-state index >= 15 is 0 Å². The van der Waals surface area contributed by atoms with E-state index in [9.17, 15) is 4.39 Å². The molecule has 0 bridgehead atoms. The van der Waals surface area contributed by atoms with Gasteiger partial charge < -0.3 is 10.1 Å². The lowest BCUT2D eigenvalue weighted by Gasteiger charge is -2.17. The number of rotatable bonds is 6. The lowest BCUT2D eigenvalue weighted by Crippen LogP contribution is -2.26. The summed E-state index contributed by atoms with van der Waals surface area (Å²) in [6, 6.07) is 4.37. The first-order valence-corrected chi connectivity index (χ1v) is 7.83. The Hall–Kier alpha value is -1.01. The number of nitrogens with zero attached hydrogens (tertiary/aromatic N) is 1. The Balaban J connectivity index is 2.34. The fourth-order valence-electron chi connectivity index (χ4n) is 2.02. The van der Waals surface area contributed by atoms with Crippen molar-refractivity contribution in [1.29, 1.82) is 0 Å². The number of hydrogen-bond acceptors (Lipinski definition) is 4. The third-order valence-electron chi connectivity index (χ3n) is 3.16. The number of aromatic nitrogens is 1. The predicted octanol–water partition coefficient (Wildman–Crippen LogP) is 3.88. The van der Waals surface area contributed by atoms with Crippen LogP contribution in [0.15, 0.2) is 18.2 Å². The highest BCUT2D eigenvalue weighted by Gasteiger charge is 2.19. The van der Waals surface area contributed by atoms with Gasteiger partial charge in [0, 0.05) is 23.6 Å². The first-order valence-electron chi connectivity index (χ1n) is 6.63. The van der Waals surface area contributed by atoms with E-state index in [4.69, 9.17) is 16.3 Å². The topological polar surface area (TPSA) is 34.1 Å². The smallest absolute Gasteiger partial charge is 0.125 e. The van der Waals surface area contributed by atoms with Crippen molar-refractivity contribution in [2.45, 2.75) is 19.9 Å². The molecular formula is C15H18ClFN2OS. The Bertz CT molecular complexity index is 578. The van der Waals surface area contributed by atoms with E-state index in [1.807, 2.05) is 13.8 Å². The molecule has 114 valence electrons. The molecule has 1 N–H and O–H groups in total. The standard InChI is InChI=1S/C15H18ClFN2OS/c1-9-10(2)21-15(19-9)14(18-4-5-20-3)11-6-12(16)8-13(17)7-11/h6-8,14,18H,4-5H2,1-3H3. The van der Waals surface area contributed by atoms with Crippen LogP contribution in [0.25, 0.3) is 0 Å². The highest BCUT2D eigenvalue weighted by Crippen LogP contribution is 2.29. The molecule has 1 atom stereocenters. The van der Waals surface area contributed by atoms with Crippen molar-refractivity contribution in [2.24, 2.45) is 0 Å². The van der Waals surface area contributed by atoms with Crippen molar-refractivity contribution in [1.82, 2.24) is 10.3 Å². The fourth-order valence-corrected chi connectivity index (χ4v) is 3.27. The Morgan fingerprint density at radius 2 is 2.14 bits per heavy atom. The van der Waals surface area contributed by atoms with Gasteiger partial charge in [-0.1, -0.05) is 11.6 Å². The van der Waals surface area contributed by atoms with Gasteiger partial charge in [-0.05, 0) is 37.6 Å². The van der Waals surface area contributed by atoms with E-state index < -0.39 is 0 Å². The maximum Gasteiger partial charge on any atom is 0.125 e. The first kappa shape index (κ1) is 16.4. The van der Waals surface area contributed by atoms with E-state index in [1.165, 1.54) is 12.1 Å². The predicted molar refractivity (Wildman–Crippen MR) is 84.7 cm³/mol. The van der Waals surface area contributed by atoms with E-state index in [0.717, 1.165) is 21.1 Å². The second-order valence-corrected chi connectivity index (χ2v) is 6.45. The van der Waals surface area contributed by atoms with Gasteiger partial charge in [0.05, 0.1) is 18.3 Å². The summed E-state index contributed by atoms with van der Waals surface area (Å²) in [4.78, 5) is 5.73. The van der Waals surface area contributed by atoms with E-state index in [1.54, 1.807) is 24.5 Å². The zero-order valence-electron chi connectivity index (χ0n) is 12.2. The number of thiazole rings is 1. The van der Waals surface area contributed by atoms with Crippen LogP contribution in [0.2, 0.25) is 5.02 Å². The normalized spacial score (nSPS) is 12.6. The van der Waals surface area contributed by atoms with Crippen LogP contribution in [-0.2, 0) is 4.74 Å². The van der Waals surface area contributed by atoms with Crippen molar-refractivity contribution in [2.75, 3.05) is 20.3 Å². The summed E-state index contributed by atoms with van der Waals surface area (Å²) in [6.45, 7) is 5.22. The molecule has 21 heavy (non-hydrogen) atoms. The summed E-state index contributed by atoms with van der Waals surface area (Å²) >= 11 is 7.58. The van der Waals surface area contributed by atoms with Gasteiger partial charge in [0.1, 0.15) is 10.8 Å². The van der Waals surface area contributed by atoms with Gasteiger partial charge in [0.15, 0.2) is 0 Å². The summed E-state index contributed by atoms with van der Waals surface area (Å²) in [5, 5.41) is 4.63. The molecule has 1 aromatic heterocycles. The molecule has 2 rings (SSSR count). The number of nitrogens with one attached hydrogen (secondary N) is 1. The van der Waals surface area contributed by atoms with Crippen LogP contribution in [-0.4, -0.2) is 25.2 Å². The highest BCUT2D eigenvalue weighted by atomic mass is 35.5. The Kier molecular flexibility index (Phi) is 5.70. The zero-order valence-corrected chi connectivity index (χ0v) is 13.8. The first-order chi connectivity index (χ1) is 10.0. The van der Waals surface area contributed by atoms with Crippen LogP contribution in [0, 0.1) is 19.7 Å². The number of halogens is 2. The third kappa shape index (κ3) is 4.23. The van der Waals surface area contributed by atoms with Crippen molar-refractivity contribution < 1.29 is 9.13 Å². The van der Waals surface area contributed by atoms with Gasteiger partial charge in [0.2, 0.25) is 0 Å². The van der Waals surface area contributed by atoms with Gasteiger partial charge >= 0.3 is 0 Å². The van der Waals surface area contributed by atoms with Crippen molar-refractivity contribution >= 4 is 22.9 Å². The molecule has 0 fully saturated rings. The monoisotopic (exact) mass is 328 g/mol. The molecule has 0 saturated heterocycles. The van der Waals surface area contributed by atoms with E-state index in [2.05, 4.69) is 10.3 Å². The number of benzene rings is 1. The van der Waals surface area contributed by atoms with Crippen LogP contribution >= 0.6 is 22.9 Å². The summed E-state index contributed by atoms with van der Waals surface area (Å²) in [6.07, 6.45) is 0. The highest BCUT2D eigenvalue weighted by molar-refractivity contribution is 7.11. The average Bonchev–Trinajstić information content (AvgIpc) is 2.73. The number of aryl methyl sites for hydroxylation is 2. The number of hydrogen-bond donors (Lipinski definition) is 1. The molecule has 0 aliphatic rings. The summed E-state index contributed by atoms with van der Waals surface area (Å²) in [5.41, 5.74) is 1.76. The third-order valence-corrected chi connectivity index (χ3v) is 4.52. The summed E-state index contributed by atoms with van der Waals surface area (Å²) < 4.78 is 18.7. The minimum Gasteiger partial charge on any atom is -0.383 e. The van der Waals surface area contributed by atoms with Gasteiger partial charge in [-0.2, -0.15) is 0 Å². The number of methoxy groups -OCH3 is 1. The minimum absolute atomic E-state index is 0.189. The molecule has 3 nitrogen and oxygen atoms in total. The zero-order chi connectivity index (χ0) is 15.4. The molecule has 0 spiro atoms. The SMILES string of the molecule is COCCNC(c1cc(F)cc(Cl)c1)c1nc(C)c(C)s1. The lowest BCUT2D eigenvalue weighted by molar-refractivity contribution is 0.197. The average molecular weight is 329 g/mol. The minimum atomic E-state index is -0.346. The lowest BCUT2D eigenvalue weighted by atomic mass is 10.1. The summed E-state index contributed by atoms with van der Waals surface area (Å²) in [5.74, 6) is -0.346. The Labute approximate surface area is 133 Å². The maximum atomic E-state index is 13.6. The number of ether oxygens (including phenoxy) is 1. The van der Waals surface area contributed by atoms with Crippen LogP contribution in [0.3, 0.4) is 0 Å². The van der Waals surface area contributed by atoms with Crippen molar-refractivity contribution in [3.63, 3.8) is 0 Å². The van der Waals surface area contributed by atoms with Crippen LogP contribution < -0.4 is 5.32 Å². The molecule has 6 heteroatoms. The van der Waals surface area contributed by atoms with E-state index in [-0.39, 0.29) is 11.9 Å². The quantitative estimate of drug-likeness (QED) is 0.817. The van der Waals surface area contributed by atoms with Gasteiger partial charge in [-0.15, -0.1) is 11.3 Å². The molecular weight excluding hydrogens is 311 g/mol. The van der Waals surface area contributed by atoms with Crippen molar-refractivity contribution in [3.8, 4) is 0 Å². The maximum absolute atomic E-state index is 13.6. The second kappa shape index (κ2) is 7.31. The summed E-state index contributed by atoms with van der Waals surface area (Å²) in [7, 11) is 1.65. The van der Waals surface area contributed by atoms with Crippen LogP contribution in [0.4, 0.5) is 4.39 Å². The van der Waals surface area contributed by atoms with E-state index in [0.29, 0.717) is 18.2 Å². The molecule has 2 aromatic rings.